The topological polar surface area (TPSA) is 89.4 Å². The van der Waals surface area contributed by atoms with Crippen molar-refractivity contribution < 1.29 is 18.7 Å². The highest BCUT2D eigenvalue weighted by atomic mass is 32.2. The molecule has 0 bridgehead atoms. The van der Waals surface area contributed by atoms with E-state index in [2.05, 4.69) is 10.2 Å². The van der Waals surface area contributed by atoms with E-state index in [9.17, 15) is 4.79 Å². The van der Waals surface area contributed by atoms with E-state index in [1.54, 1.807) is 0 Å². The fourth-order valence-electron chi connectivity index (χ4n) is 1.47. The van der Waals surface area contributed by atoms with Crippen molar-refractivity contribution in [3.8, 4) is 10.8 Å². The molecule has 0 atom stereocenters. The first-order chi connectivity index (χ1) is 9.72. The molecule has 3 aromatic rings. The Morgan fingerprint density at radius 2 is 2.35 bits per heavy atom. The lowest BCUT2D eigenvalue weighted by Crippen LogP contribution is -1.91. The number of thioether (sulfide) groups is 1. The summed E-state index contributed by atoms with van der Waals surface area (Å²) < 4.78 is 10.6. The summed E-state index contributed by atoms with van der Waals surface area (Å²) in [5.74, 6) is 0.443. The highest BCUT2D eigenvalue weighted by Crippen LogP contribution is 2.28. The Kier molecular flexibility index (Phi) is 3.57. The van der Waals surface area contributed by atoms with Crippen LogP contribution in [0.4, 0.5) is 0 Å². The highest BCUT2D eigenvalue weighted by molar-refractivity contribution is 7.98. The minimum atomic E-state index is -1.01. The first-order valence-electron chi connectivity index (χ1n) is 5.53. The fourth-order valence-corrected chi connectivity index (χ4v) is 2.77. The zero-order valence-electron chi connectivity index (χ0n) is 9.98. The number of nitrogens with zero attached hydrogens (tertiary/aromatic N) is 2. The van der Waals surface area contributed by atoms with E-state index in [1.807, 2.05) is 17.5 Å². The molecule has 0 fully saturated rings. The van der Waals surface area contributed by atoms with Gasteiger partial charge in [-0.3, -0.25) is 0 Å². The van der Waals surface area contributed by atoms with Crippen LogP contribution in [0.15, 0.2) is 43.9 Å². The standard InChI is InChI=1S/C12H8N2O4S2/c15-11(16)7-4-8(17-5-7)6-20-12-14-13-10(18-12)9-2-1-3-19-9/h1-5H,6H2,(H,15,16). The summed E-state index contributed by atoms with van der Waals surface area (Å²) in [7, 11) is 0. The molecule has 0 saturated carbocycles. The van der Waals surface area contributed by atoms with Crippen molar-refractivity contribution in [3.63, 3.8) is 0 Å². The Labute approximate surface area is 121 Å². The van der Waals surface area contributed by atoms with Crippen LogP contribution in [0.5, 0.6) is 0 Å². The maximum atomic E-state index is 10.7. The molecular weight excluding hydrogens is 300 g/mol. The molecule has 0 aromatic carbocycles. The molecular formula is C12H8N2O4S2. The van der Waals surface area contributed by atoms with Crippen LogP contribution < -0.4 is 0 Å². The predicted octanol–water partition coefficient (Wildman–Crippen LogP) is 3.38. The van der Waals surface area contributed by atoms with Gasteiger partial charge in [-0.25, -0.2) is 4.79 Å². The largest absolute Gasteiger partial charge is 0.478 e. The first kappa shape index (κ1) is 12.9. The van der Waals surface area contributed by atoms with E-state index in [0.717, 1.165) is 4.88 Å². The normalized spacial score (nSPS) is 10.8. The van der Waals surface area contributed by atoms with E-state index in [4.69, 9.17) is 13.9 Å². The van der Waals surface area contributed by atoms with Gasteiger partial charge in [-0.1, -0.05) is 17.8 Å². The van der Waals surface area contributed by atoms with Gasteiger partial charge in [-0.15, -0.1) is 21.5 Å². The number of carboxylic acid groups (broad SMARTS) is 1. The monoisotopic (exact) mass is 308 g/mol. The summed E-state index contributed by atoms with van der Waals surface area (Å²) in [4.78, 5) is 11.6. The molecule has 3 heterocycles. The lowest BCUT2D eigenvalue weighted by molar-refractivity contribution is 0.0696. The number of carbonyl (C=O) groups is 1. The van der Waals surface area contributed by atoms with Crippen molar-refractivity contribution in [2.24, 2.45) is 0 Å². The molecule has 0 saturated heterocycles. The fraction of sp³-hybridized carbons (Fsp3) is 0.0833. The Bertz CT molecular complexity index is 717. The molecule has 20 heavy (non-hydrogen) atoms. The van der Waals surface area contributed by atoms with Crippen molar-refractivity contribution in [2.45, 2.75) is 11.0 Å². The zero-order valence-corrected chi connectivity index (χ0v) is 11.6. The third-order valence-electron chi connectivity index (χ3n) is 2.38. The Morgan fingerprint density at radius 1 is 1.45 bits per heavy atom. The Balaban J connectivity index is 1.65. The van der Waals surface area contributed by atoms with Gasteiger partial charge in [0.25, 0.3) is 11.1 Å². The maximum absolute atomic E-state index is 10.7. The maximum Gasteiger partial charge on any atom is 0.338 e. The van der Waals surface area contributed by atoms with Crippen molar-refractivity contribution >= 4 is 29.1 Å². The van der Waals surface area contributed by atoms with E-state index >= 15 is 0 Å². The van der Waals surface area contributed by atoms with Gasteiger partial charge in [0.2, 0.25) is 0 Å². The average molecular weight is 308 g/mol. The summed E-state index contributed by atoms with van der Waals surface area (Å²) in [6.07, 6.45) is 1.21. The number of aromatic carboxylic acids is 1. The van der Waals surface area contributed by atoms with Gasteiger partial charge in [0.05, 0.1) is 16.2 Å². The van der Waals surface area contributed by atoms with Crippen LogP contribution in [0.2, 0.25) is 0 Å². The van der Waals surface area contributed by atoms with Gasteiger partial charge in [0, 0.05) is 0 Å². The van der Waals surface area contributed by atoms with Crippen molar-refractivity contribution in [1.82, 2.24) is 10.2 Å². The van der Waals surface area contributed by atoms with Crippen molar-refractivity contribution in [1.29, 1.82) is 0 Å². The van der Waals surface area contributed by atoms with Gasteiger partial charge in [-0.2, -0.15) is 0 Å². The Morgan fingerprint density at radius 3 is 3.05 bits per heavy atom. The summed E-state index contributed by atoms with van der Waals surface area (Å²) in [5.41, 5.74) is 0.130. The zero-order chi connectivity index (χ0) is 13.9. The van der Waals surface area contributed by atoms with E-state index in [0.29, 0.717) is 22.6 Å². The van der Waals surface area contributed by atoms with Gasteiger partial charge >= 0.3 is 5.97 Å². The molecule has 3 rings (SSSR count). The van der Waals surface area contributed by atoms with Gasteiger partial charge < -0.3 is 13.9 Å². The molecule has 0 aliphatic rings. The molecule has 102 valence electrons. The predicted molar refractivity (Wildman–Crippen MR) is 72.8 cm³/mol. The molecule has 0 radical (unpaired) electrons. The summed E-state index contributed by atoms with van der Waals surface area (Å²) in [5, 5.41) is 19.0. The first-order valence-corrected chi connectivity index (χ1v) is 7.40. The minimum absolute atomic E-state index is 0.130. The minimum Gasteiger partial charge on any atom is -0.478 e. The van der Waals surface area contributed by atoms with Crippen LogP contribution in [0.25, 0.3) is 10.8 Å². The molecule has 0 aliphatic heterocycles. The van der Waals surface area contributed by atoms with E-state index in [1.165, 1.54) is 35.4 Å². The highest BCUT2D eigenvalue weighted by Gasteiger charge is 2.12. The molecule has 0 aliphatic carbocycles. The molecule has 6 nitrogen and oxygen atoms in total. The number of furan rings is 1. The smallest absolute Gasteiger partial charge is 0.338 e. The van der Waals surface area contributed by atoms with Crippen molar-refractivity contribution in [3.05, 3.63) is 41.2 Å². The van der Waals surface area contributed by atoms with Gasteiger partial charge in [0.1, 0.15) is 12.0 Å². The SMILES string of the molecule is O=C(O)c1coc(CSc2nnc(-c3cccs3)o2)c1. The average Bonchev–Trinajstić information content (AvgIpc) is 3.17. The second-order valence-electron chi connectivity index (χ2n) is 3.75. The lowest BCUT2D eigenvalue weighted by Gasteiger charge is -1.91. The number of thiophene rings is 1. The number of aromatic nitrogens is 2. The third kappa shape index (κ3) is 2.75. The molecule has 1 N–H and O–H groups in total. The molecule has 0 unspecified atom stereocenters. The van der Waals surface area contributed by atoms with Crippen molar-refractivity contribution in [2.75, 3.05) is 0 Å². The molecule has 0 spiro atoms. The second kappa shape index (κ2) is 5.51. The van der Waals surface area contributed by atoms with Crippen LogP contribution in [-0.4, -0.2) is 21.3 Å². The quantitative estimate of drug-likeness (QED) is 0.722. The summed E-state index contributed by atoms with van der Waals surface area (Å²) >= 11 is 2.82. The second-order valence-corrected chi connectivity index (χ2v) is 5.62. The van der Waals surface area contributed by atoms with E-state index in [-0.39, 0.29) is 5.56 Å². The van der Waals surface area contributed by atoms with Crippen LogP contribution in [0.3, 0.4) is 0 Å². The number of rotatable bonds is 5. The number of hydrogen-bond acceptors (Lipinski definition) is 7. The third-order valence-corrected chi connectivity index (χ3v) is 4.08. The molecule has 8 heteroatoms. The van der Waals surface area contributed by atoms with Crippen LogP contribution >= 0.6 is 23.1 Å². The molecule has 3 aromatic heterocycles. The number of hydrogen-bond donors (Lipinski definition) is 1. The van der Waals surface area contributed by atoms with Gasteiger partial charge in [-0.05, 0) is 17.5 Å². The molecule has 0 amide bonds. The van der Waals surface area contributed by atoms with Crippen LogP contribution in [-0.2, 0) is 5.75 Å². The lowest BCUT2D eigenvalue weighted by atomic mass is 10.3. The van der Waals surface area contributed by atoms with Gasteiger partial charge in [0.15, 0.2) is 0 Å². The van der Waals surface area contributed by atoms with E-state index < -0.39 is 5.97 Å². The van der Waals surface area contributed by atoms with Crippen LogP contribution in [0, 0.1) is 0 Å². The Hall–Kier alpha value is -2.06. The summed E-state index contributed by atoms with van der Waals surface area (Å²) in [6, 6.07) is 5.29. The summed E-state index contributed by atoms with van der Waals surface area (Å²) in [6.45, 7) is 0. The number of carboxylic acids is 1. The van der Waals surface area contributed by atoms with Crippen LogP contribution in [0.1, 0.15) is 16.1 Å².